The number of piperazine rings is 1. The second-order valence-corrected chi connectivity index (χ2v) is 9.33. The van der Waals surface area contributed by atoms with Crippen LogP contribution in [0.2, 0.25) is 0 Å². The molecule has 0 bridgehead atoms. The van der Waals surface area contributed by atoms with Gasteiger partial charge < -0.3 is 19.3 Å². The van der Waals surface area contributed by atoms with Crippen LogP contribution < -0.4 is 19.3 Å². The molecule has 190 valence electrons. The van der Waals surface area contributed by atoms with Gasteiger partial charge in [0, 0.05) is 31.9 Å². The molecule has 0 radical (unpaired) electrons. The zero-order valence-corrected chi connectivity index (χ0v) is 21.4. The van der Waals surface area contributed by atoms with Crippen molar-refractivity contribution >= 4 is 29.3 Å². The number of hydrogen-bond acceptors (Lipinski definition) is 5. The van der Waals surface area contributed by atoms with Gasteiger partial charge in [0.2, 0.25) is 5.91 Å². The van der Waals surface area contributed by atoms with Gasteiger partial charge in [-0.2, -0.15) is 0 Å². The van der Waals surface area contributed by atoms with Gasteiger partial charge in [-0.05, 0) is 66.9 Å². The minimum absolute atomic E-state index is 0.0391. The SMILES string of the molecule is COc1ccc(C=C2Oc3ccccc3N(CC(=O)N3CCN(c4cccc(C)c4C)CC3)C2=O)cc1. The standard InChI is InChI=1S/C30H31N3O4/c1-21-7-6-9-25(22(21)2)31-15-17-32(18-16-31)29(34)20-33-26-8-4-5-10-27(26)37-28(30(33)35)19-23-11-13-24(36-3)14-12-23/h4-14,19H,15-18,20H2,1-3H3. The highest BCUT2D eigenvalue weighted by molar-refractivity contribution is 6.12. The summed E-state index contributed by atoms with van der Waals surface area (Å²) in [6, 6.07) is 21.0. The average Bonchev–Trinajstić information content (AvgIpc) is 2.93. The Morgan fingerprint density at radius 3 is 2.35 bits per heavy atom. The summed E-state index contributed by atoms with van der Waals surface area (Å²) in [5.41, 5.74) is 5.16. The van der Waals surface area contributed by atoms with E-state index in [9.17, 15) is 9.59 Å². The summed E-state index contributed by atoms with van der Waals surface area (Å²) in [6.07, 6.45) is 1.69. The Morgan fingerprint density at radius 1 is 0.919 bits per heavy atom. The normalized spacial score (nSPS) is 16.5. The van der Waals surface area contributed by atoms with E-state index in [1.165, 1.54) is 21.7 Å². The molecule has 3 aromatic carbocycles. The maximum atomic E-state index is 13.5. The Kier molecular flexibility index (Phi) is 6.86. The summed E-state index contributed by atoms with van der Waals surface area (Å²) in [7, 11) is 1.61. The smallest absolute Gasteiger partial charge is 0.294 e. The van der Waals surface area contributed by atoms with Crippen LogP contribution in [0, 0.1) is 13.8 Å². The van der Waals surface area contributed by atoms with E-state index >= 15 is 0 Å². The van der Waals surface area contributed by atoms with Crippen LogP contribution in [0.4, 0.5) is 11.4 Å². The van der Waals surface area contributed by atoms with Crippen LogP contribution in [0.15, 0.2) is 72.5 Å². The first-order valence-electron chi connectivity index (χ1n) is 12.5. The number of methoxy groups -OCH3 is 1. The third-order valence-electron chi connectivity index (χ3n) is 7.09. The number of fused-ring (bicyclic) bond motifs is 1. The molecule has 0 aliphatic carbocycles. The second kappa shape index (κ2) is 10.4. The molecule has 0 aromatic heterocycles. The molecule has 2 aliphatic rings. The second-order valence-electron chi connectivity index (χ2n) is 9.33. The van der Waals surface area contributed by atoms with E-state index in [1.807, 2.05) is 53.4 Å². The fourth-order valence-corrected chi connectivity index (χ4v) is 4.78. The molecule has 37 heavy (non-hydrogen) atoms. The van der Waals surface area contributed by atoms with Crippen molar-refractivity contribution in [3.05, 3.63) is 89.2 Å². The lowest BCUT2D eigenvalue weighted by Gasteiger charge is -2.38. The molecule has 7 heteroatoms. The Hall–Kier alpha value is -4.26. The Morgan fingerprint density at radius 2 is 1.62 bits per heavy atom. The van der Waals surface area contributed by atoms with Crippen LogP contribution >= 0.6 is 0 Å². The number of hydrogen-bond donors (Lipinski definition) is 0. The van der Waals surface area contributed by atoms with E-state index in [1.54, 1.807) is 13.2 Å². The van der Waals surface area contributed by atoms with E-state index in [2.05, 4.69) is 36.9 Å². The molecule has 3 aromatic rings. The van der Waals surface area contributed by atoms with Gasteiger partial charge in [-0.25, -0.2) is 0 Å². The van der Waals surface area contributed by atoms with Gasteiger partial charge in [-0.15, -0.1) is 0 Å². The summed E-state index contributed by atoms with van der Waals surface area (Å²) < 4.78 is 11.2. The largest absolute Gasteiger partial charge is 0.497 e. The molecule has 0 spiro atoms. The predicted molar refractivity (Wildman–Crippen MR) is 145 cm³/mol. The molecule has 5 rings (SSSR count). The van der Waals surface area contributed by atoms with Crippen molar-refractivity contribution in [1.82, 2.24) is 4.90 Å². The number of ether oxygens (including phenoxy) is 2. The van der Waals surface area contributed by atoms with E-state index < -0.39 is 0 Å². The van der Waals surface area contributed by atoms with Crippen LogP contribution in [0.5, 0.6) is 11.5 Å². The first-order valence-corrected chi connectivity index (χ1v) is 12.5. The molecule has 0 unspecified atom stereocenters. The summed E-state index contributed by atoms with van der Waals surface area (Å²) in [6.45, 7) is 6.96. The Bertz CT molecular complexity index is 1340. The van der Waals surface area contributed by atoms with E-state index in [0.29, 0.717) is 24.5 Å². The molecule has 1 saturated heterocycles. The van der Waals surface area contributed by atoms with Crippen molar-refractivity contribution in [2.75, 3.05) is 49.6 Å². The fraction of sp³-hybridized carbons (Fsp3) is 0.267. The number of aryl methyl sites for hydroxylation is 1. The highest BCUT2D eigenvalue weighted by Crippen LogP contribution is 2.35. The molecular formula is C30H31N3O4. The number of benzene rings is 3. The lowest BCUT2D eigenvalue weighted by molar-refractivity contribution is -0.131. The molecule has 7 nitrogen and oxygen atoms in total. The quantitative estimate of drug-likeness (QED) is 0.488. The summed E-state index contributed by atoms with van der Waals surface area (Å²) in [5.74, 6) is 1.05. The fourth-order valence-electron chi connectivity index (χ4n) is 4.78. The summed E-state index contributed by atoms with van der Waals surface area (Å²) in [4.78, 5) is 32.5. The zero-order valence-electron chi connectivity index (χ0n) is 21.4. The van der Waals surface area contributed by atoms with Gasteiger partial charge in [-0.1, -0.05) is 36.4 Å². The van der Waals surface area contributed by atoms with E-state index in [4.69, 9.17) is 9.47 Å². The van der Waals surface area contributed by atoms with Gasteiger partial charge in [-0.3, -0.25) is 14.5 Å². The highest BCUT2D eigenvalue weighted by atomic mass is 16.5. The van der Waals surface area contributed by atoms with Gasteiger partial charge in [0.15, 0.2) is 11.5 Å². The predicted octanol–water partition coefficient (Wildman–Crippen LogP) is 4.43. The molecule has 1 fully saturated rings. The molecule has 0 N–H and O–H groups in total. The third kappa shape index (κ3) is 5.03. The first-order chi connectivity index (χ1) is 17.9. The van der Waals surface area contributed by atoms with Crippen molar-refractivity contribution in [3.63, 3.8) is 0 Å². The number of para-hydroxylation sites is 2. The lowest BCUT2D eigenvalue weighted by Crippen LogP contribution is -2.52. The van der Waals surface area contributed by atoms with Gasteiger partial charge in [0.05, 0.1) is 12.8 Å². The number of amides is 2. The first kappa shape index (κ1) is 24.4. The van der Waals surface area contributed by atoms with Crippen molar-refractivity contribution in [1.29, 1.82) is 0 Å². The van der Waals surface area contributed by atoms with Crippen molar-refractivity contribution in [3.8, 4) is 11.5 Å². The maximum absolute atomic E-state index is 13.5. The van der Waals surface area contributed by atoms with Gasteiger partial charge in [0.1, 0.15) is 12.3 Å². The van der Waals surface area contributed by atoms with Crippen LogP contribution in [0.1, 0.15) is 16.7 Å². The number of carbonyl (C=O) groups is 2. The molecule has 0 saturated carbocycles. The van der Waals surface area contributed by atoms with Gasteiger partial charge >= 0.3 is 0 Å². The van der Waals surface area contributed by atoms with E-state index in [-0.39, 0.29) is 24.1 Å². The zero-order chi connectivity index (χ0) is 25.9. The number of carbonyl (C=O) groups excluding carboxylic acids is 2. The summed E-state index contributed by atoms with van der Waals surface area (Å²) >= 11 is 0. The molecule has 2 heterocycles. The highest BCUT2D eigenvalue weighted by Gasteiger charge is 2.33. The number of nitrogens with zero attached hydrogens (tertiary/aromatic N) is 3. The van der Waals surface area contributed by atoms with Gasteiger partial charge in [0.25, 0.3) is 5.91 Å². The number of anilines is 2. The topological polar surface area (TPSA) is 62.3 Å². The molecule has 2 amide bonds. The molecule has 0 atom stereocenters. The van der Waals surface area contributed by atoms with Crippen LogP contribution in [0.3, 0.4) is 0 Å². The summed E-state index contributed by atoms with van der Waals surface area (Å²) in [5, 5.41) is 0. The third-order valence-corrected chi connectivity index (χ3v) is 7.09. The van der Waals surface area contributed by atoms with Crippen molar-refractivity contribution < 1.29 is 19.1 Å². The number of rotatable bonds is 5. The van der Waals surface area contributed by atoms with Crippen LogP contribution in [-0.2, 0) is 9.59 Å². The Balaban J connectivity index is 1.31. The van der Waals surface area contributed by atoms with Crippen molar-refractivity contribution in [2.24, 2.45) is 0 Å². The molecular weight excluding hydrogens is 466 g/mol. The van der Waals surface area contributed by atoms with Crippen LogP contribution in [-0.4, -0.2) is 56.5 Å². The minimum atomic E-state index is -0.336. The molecule has 2 aliphatic heterocycles. The van der Waals surface area contributed by atoms with Crippen molar-refractivity contribution in [2.45, 2.75) is 13.8 Å². The minimum Gasteiger partial charge on any atom is -0.497 e. The lowest BCUT2D eigenvalue weighted by atomic mass is 10.1. The maximum Gasteiger partial charge on any atom is 0.294 e. The Labute approximate surface area is 217 Å². The monoisotopic (exact) mass is 497 g/mol. The van der Waals surface area contributed by atoms with E-state index in [0.717, 1.165) is 24.4 Å². The average molecular weight is 498 g/mol. The van der Waals surface area contributed by atoms with Crippen LogP contribution in [0.25, 0.3) is 6.08 Å².